The number of carbonyl (C=O) groups is 1. The maximum atomic E-state index is 12.5. The first-order chi connectivity index (χ1) is 8.37. The Morgan fingerprint density at radius 1 is 1.22 bits per heavy atom. The van der Waals surface area contributed by atoms with E-state index in [0.29, 0.717) is 25.7 Å². The second-order valence-electron chi connectivity index (χ2n) is 5.44. The predicted molar refractivity (Wildman–Crippen MR) is 60.7 cm³/mol. The van der Waals surface area contributed by atoms with Crippen LogP contribution < -0.4 is 5.73 Å². The Balaban J connectivity index is 1.99. The molecule has 0 saturated heterocycles. The van der Waals surface area contributed by atoms with E-state index < -0.39 is 12.7 Å². The molecule has 0 aromatic carbocycles. The van der Waals surface area contributed by atoms with Crippen LogP contribution in [-0.4, -0.2) is 35.6 Å². The topological polar surface area (TPSA) is 46.3 Å². The highest BCUT2D eigenvalue weighted by atomic mass is 19.4. The van der Waals surface area contributed by atoms with E-state index in [-0.39, 0.29) is 23.9 Å². The van der Waals surface area contributed by atoms with Gasteiger partial charge in [0.15, 0.2) is 0 Å². The normalized spacial score (nSPS) is 29.1. The number of amides is 1. The zero-order valence-electron chi connectivity index (χ0n) is 10.2. The molecular formula is C12H19F3N2O. The maximum Gasteiger partial charge on any atom is 0.406 e. The van der Waals surface area contributed by atoms with E-state index in [9.17, 15) is 18.0 Å². The van der Waals surface area contributed by atoms with Gasteiger partial charge in [0.1, 0.15) is 6.54 Å². The molecule has 6 heteroatoms. The summed E-state index contributed by atoms with van der Waals surface area (Å²) < 4.78 is 37.4. The van der Waals surface area contributed by atoms with Crippen molar-refractivity contribution >= 4 is 5.91 Å². The van der Waals surface area contributed by atoms with Crippen molar-refractivity contribution in [3.05, 3.63) is 0 Å². The first-order valence-electron chi connectivity index (χ1n) is 6.49. The molecule has 0 heterocycles. The summed E-state index contributed by atoms with van der Waals surface area (Å²) in [6.45, 7) is -1.11. The summed E-state index contributed by atoms with van der Waals surface area (Å²) in [5.74, 6) is -0.651. The van der Waals surface area contributed by atoms with E-state index in [4.69, 9.17) is 5.73 Å². The van der Waals surface area contributed by atoms with Gasteiger partial charge in [-0.05, 0) is 32.1 Å². The molecule has 1 amide bonds. The van der Waals surface area contributed by atoms with Gasteiger partial charge in [-0.2, -0.15) is 13.2 Å². The summed E-state index contributed by atoms with van der Waals surface area (Å²) in [6.07, 6.45) is -0.0156. The van der Waals surface area contributed by atoms with Crippen LogP contribution in [0.3, 0.4) is 0 Å². The van der Waals surface area contributed by atoms with E-state index in [1.54, 1.807) is 0 Å². The number of hydrogen-bond donors (Lipinski definition) is 1. The summed E-state index contributed by atoms with van der Waals surface area (Å²) in [4.78, 5) is 13.2. The van der Waals surface area contributed by atoms with Crippen LogP contribution >= 0.6 is 0 Å². The predicted octanol–water partition coefficient (Wildman–Crippen LogP) is 2.06. The van der Waals surface area contributed by atoms with Gasteiger partial charge < -0.3 is 10.6 Å². The Hall–Kier alpha value is -0.780. The van der Waals surface area contributed by atoms with Crippen LogP contribution in [0.1, 0.15) is 38.5 Å². The molecule has 0 bridgehead atoms. The van der Waals surface area contributed by atoms with Crippen molar-refractivity contribution in [2.24, 2.45) is 11.7 Å². The van der Waals surface area contributed by atoms with E-state index >= 15 is 0 Å². The van der Waals surface area contributed by atoms with Crippen molar-refractivity contribution in [2.45, 2.75) is 56.8 Å². The monoisotopic (exact) mass is 264 g/mol. The SMILES string of the molecule is NC1CCCC(C(=O)N(CC(F)(F)F)C2CC2)C1. The van der Waals surface area contributed by atoms with Gasteiger partial charge in [0.25, 0.3) is 0 Å². The van der Waals surface area contributed by atoms with Crippen molar-refractivity contribution in [2.75, 3.05) is 6.54 Å². The fraction of sp³-hybridized carbons (Fsp3) is 0.917. The van der Waals surface area contributed by atoms with Crippen LogP contribution in [0.25, 0.3) is 0 Å². The third-order valence-corrected chi connectivity index (χ3v) is 3.68. The van der Waals surface area contributed by atoms with E-state index in [1.807, 2.05) is 0 Å². The molecule has 2 saturated carbocycles. The largest absolute Gasteiger partial charge is 0.406 e. The van der Waals surface area contributed by atoms with Crippen molar-refractivity contribution in [3.8, 4) is 0 Å². The van der Waals surface area contributed by atoms with Gasteiger partial charge in [-0.25, -0.2) is 0 Å². The molecule has 0 aromatic rings. The number of nitrogens with two attached hydrogens (primary N) is 1. The molecule has 2 aliphatic carbocycles. The van der Waals surface area contributed by atoms with Crippen LogP contribution in [0.15, 0.2) is 0 Å². The zero-order chi connectivity index (χ0) is 13.3. The average molecular weight is 264 g/mol. The van der Waals surface area contributed by atoms with Crippen LogP contribution in [0.2, 0.25) is 0 Å². The minimum atomic E-state index is -4.31. The smallest absolute Gasteiger partial charge is 0.330 e. The van der Waals surface area contributed by atoms with Gasteiger partial charge in [0.05, 0.1) is 0 Å². The lowest BCUT2D eigenvalue weighted by Gasteiger charge is -2.32. The van der Waals surface area contributed by atoms with Gasteiger partial charge in [-0.1, -0.05) is 6.42 Å². The Labute approximate surface area is 104 Å². The Bertz CT molecular complexity index is 315. The molecule has 2 fully saturated rings. The summed E-state index contributed by atoms with van der Waals surface area (Å²) in [5.41, 5.74) is 5.79. The first-order valence-corrected chi connectivity index (χ1v) is 6.49. The third-order valence-electron chi connectivity index (χ3n) is 3.68. The Morgan fingerprint density at radius 3 is 2.39 bits per heavy atom. The highest BCUT2D eigenvalue weighted by Crippen LogP contribution is 2.34. The molecule has 2 unspecified atom stereocenters. The van der Waals surface area contributed by atoms with E-state index in [1.165, 1.54) is 0 Å². The van der Waals surface area contributed by atoms with Gasteiger partial charge >= 0.3 is 6.18 Å². The molecule has 2 N–H and O–H groups in total. The molecule has 104 valence electrons. The minimum Gasteiger partial charge on any atom is -0.330 e. The van der Waals surface area contributed by atoms with Gasteiger partial charge in [0.2, 0.25) is 5.91 Å². The van der Waals surface area contributed by atoms with Crippen molar-refractivity contribution in [1.29, 1.82) is 0 Å². The summed E-state index contributed by atoms with van der Waals surface area (Å²) >= 11 is 0. The number of hydrogen-bond acceptors (Lipinski definition) is 2. The molecule has 2 aliphatic rings. The molecule has 0 aromatic heterocycles. The number of nitrogens with zero attached hydrogens (tertiary/aromatic N) is 1. The summed E-state index contributed by atoms with van der Waals surface area (Å²) in [7, 11) is 0. The lowest BCUT2D eigenvalue weighted by molar-refractivity contribution is -0.165. The fourth-order valence-corrected chi connectivity index (χ4v) is 2.65. The molecule has 0 aliphatic heterocycles. The molecule has 3 nitrogen and oxygen atoms in total. The highest BCUT2D eigenvalue weighted by molar-refractivity contribution is 5.79. The van der Waals surface area contributed by atoms with Gasteiger partial charge in [-0.3, -0.25) is 4.79 Å². The van der Waals surface area contributed by atoms with Crippen molar-refractivity contribution in [1.82, 2.24) is 4.90 Å². The number of carbonyl (C=O) groups excluding carboxylic acids is 1. The van der Waals surface area contributed by atoms with Crippen LogP contribution in [-0.2, 0) is 4.79 Å². The second kappa shape index (κ2) is 5.07. The maximum absolute atomic E-state index is 12.5. The average Bonchev–Trinajstić information content (AvgIpc) is 3.07. The van der Waals surface area contributed by atoms with E-state index in [0.717, 1.165) is 17.7 Å². The first kappa shape index (κ1) is 13.6. The van der Waals surface area contributed by atoms with Gasteiger partial charge in [0, 0.05) is 18.0 Å². The Morgan fingerprint density at radius 2 is 1.89 bits per heavy atom. The molecule has 0 spiro atoms. The van der Waals surface area contributed by atoms with Crippen molar-refractivity contribution in [3.63, 3.8) is 0 Å². The lowest BCUT2D eigenvalue weighted by Crippen LogP contribution is -2.45. The van der Waals surface area contributed by atoms with Crippen LogP contribution in [0, 0.1) is 5.92 Å². The summed E-state index contributed by atoms with van der Waals surface area (Å²) in [6, 6.07) is -0.239. The zero-order valence-corrected chi connectivity index (χ0v) is 10.2. The Kier molecular flexibility index (Phi) is 3.84. The van der Waals surface area contributed by atoms with Crippen molar-refractivity contribution < 1.29 is 18.0 Å². The lowest BCUT2D eigenvalue weighted by atomic mass is 9.85. The summed E-state index contributed by atoms with van der Waals surface area (Å²) in [5, 5.41) is 0. The highest BCUT2D eigenvalue weighted by Gasteiger charge is 2.42. The molecule has 2 rings (SSSR count). The van der Waals surface area contributed by atoms with Crippen LogP contribution in [0.5, 0.6) is 0 Å². The molecule has 2 atom stereocenters. The molecular weight excluding hydrogens is 245 g/mol. The van der Waals surface area contributed by atoms with Crippen LogP contribution in [0.4, 0.5) is 13.2 Å². The number of rotatable bonds is 3. The quantitative estimate of drug-likeness (QED) is 0.848. The standard InChI is InChI=1S/C12H19F3N2O/c13-12(14,15)7-17(10-4-5-10)11(18)8-2-1-3-9(16)6-8/h8-10H,1-7,16H2. The second-order valence-corrected chi connectivity index (χ2v) is 5.44. The molecule has 18 heavy (non-hydrogen) atoms. The number of alkyl halides is 3. The fourth-order valence-electron chi connectivity index (χ4n) is 2.65. The van der Waals surface area contributed by atoms with E-state index in [2.05, 4.69) is 0 Å². The van der Waals surface area contributed by atoms with Gasteiger partial charge in [-0.15, -0.1) is 0 Å². The molecule has 0 radical (unpaired) electrons. The number of halogens is 3. The third kappa shape index (κ3) is 3.60. The minimum absolute atomic E-state index is 0.0420.